The maximum atomic E-state index is 5.92. The summed E-state index contributed by atoms with van der Waals surface area (Å²) in [5, 5.41) is 3.41. The Morgan fingerprint density at radius 1 is 0.462 bits per heavy atom. The van der Waals surface area contributed by atoms with E-state index in [1.165, 1.54) is 77.0 Å². The molecule has 0 aliphatic rings. The quantitative estimate of drug-likeness (QED) is 0.0891. The largest absolute Gasteiger partial charge is 0.381 e. The summed E-state index contributed by atoms with van der Waals surface area (Å²) in [5.41, 5.74) is -0.653. The molecule has 0 saturated carbocycles. The number of hydrogen-bond donors (Lipinski definition) is 1. The van der Waals surface area contributed by atoms with Gasteiger partial charge in [0.15, 0.2) is 0 Å². The van der Waals surface area contributed by atoms with E-state index in [9.17, 15) is 0 Å². The molecular formula is C32H67NO6. The summed E-state index contributed by atoms with van der Waals surface area (Å²) < 4.78 is 34.0. The van der Waals surface area contributed by atoms with Gasteiger partial charge in [0.05, 0.1) is 57.5 Å². The normalized spacial score (nSPS) is 12.5. The van der Waals surface area contributed by atoms with E-state index in [1.807, 2.05) is 27.7 Å². The van der Waals surface area contributed by atoms with E-state index in [4.69, 9.17) is 28.4 Å². The zero-order chi connectivity index (χ0) is 28.9. The molecule has 0 aliphatic carbocycles. The van der Waals surface area contributed by atoms with E-state index in [2.05, 4.69) is 12.2 Å². The molecule has 0 rings (SSSR count). The third kappa shape index (κ3) is 30.5. The predicted molar refractivity (Wildman–Crippen MR) is 163 cm³/mol. The van der Waals surface area contributed by atoms with Crippen LogP contribution in [0.1, 0.15) is 118 Å². The van der Waals surface area contributed by atoms with Crippen molar-refractivity contribution in [2.75, 3.05) is 79.7 Å². The van der Waals surface area contributed by atoms with Crippen molar-refractivity contribution in [3.8, 4) is 0 Å². The molecule has 0 aromatic carbocycles. The fraction of sp³-hybridized carbons (Fsp3) is 1.00. The minimum Gasteiger partial charge on any atom is -0.381 e. The molecule has 0 aromatic rings. The number of ether oxygens (including phenoxy) is 6. The summed E-state index contributed by atoms with van der Waals surface area (Å²) in [7, 11) is 1.70. The molecule has 0 saturated heterocycles. The highest BCUT2D eigenvalue weighted by molar-refractivity contribution is 4.73. The molecule has 39 heavy (non-hydrogen) atoms. The van der Waals surface area contributed by atoms with Gasteiger partial charge in [-0.05, 0) is 47.1 Å². The van der Waals surface area contributed by atoms with E-state index >= 15 is 0 Å². The lowest BCUT2D eigenvalue weighted by Gasteiger charge is -2.31. The minimum atomic E-state index is -0.357. The SMILES string of the molecule is CCCCCCCCCCCCCCOCCCNCCOCCOCCOCC(C)(C)OCC(C)(C)OC. The maximum absolute atomic E-state index is 5.92. The molecule has 0 spiro atoms. The molecule has 1 N–H and O–H groups in total. The van der Waals surface area contributed by atoms with E-state index in [1.54, 1.807) is 7.11 Å². The predicted octanol–water partition coefficient (Wildman–Crippen LogP) is 6.95. The molecule has 0 radical (unpaired) electrons. The highest BCUT2D eigenvalue weighted by Gasteiger charge is 2.24. The van der Waals surface area contributed by atoms with Crippen LogP contribution in [0.4, 0.5) is 0 Å². The maximum Gasteiger partial charge on any atom is 0.0860 e. The van der Waals surface area contributed by atoms with Crippen LogP contribution in [0.2, 0.25) is 0 Å². The second-order valence-corrected chi connectivity index (χ2v) is 11.9. The molecule has 0 amide bonds. The molecule has 0 unspecified atom stereocenters. The van der Waals surface area contributed by atoms with Crippen LogP contribution < -0.4 is 5.32 Å². The zero-order valence-corrected chi connectivity index (χ0v) is 26.9. The first-order chi connectivity index (χ1) is 18.8. The van der Waals surface area contributed by atoms with Gasteiger partial charge in [0, 0.05) is 26.9 Å². The Kier molecular flexibility index (Phi) is 27.7. The molecule has 7 heteroatoms. The molecule has 0 aliphatic heterocycles. The Bertz CT molecular complexity index is 489. The van der Waals surface area contributed by atoms with Gasteiger partial charge >= 0.3 is 0 Å². The Hall–Kier alpha value is -0.280. The number of rotatable bonds is 32. The summed E-state index contributed by atoms with van der Waals surface area (Å²) in [5.74, 6) is 0. The van der Waals surface area contributed by atoms with Crippen LogP contribution in [0.3, 0.4) is 0 Å². The molecule has 0 atom stereocenters. The van der Waals surface area contributed by atoms with Crippen molar-refractivity contribution < 1.29 is 28.4 Å². The first kappa shape index (κ1) is 38.7. The molecule has 0 fully saturated rings. The number of hydrogen-bond acceptors (Lipinski definition) is 7. The highest BCUT2D eigenvalue weighted by atomic mass is 16.6. The molecule has 7 nitrogen and oxygen atoms in total. The summed E-state index contributed by atoms with van der Waals surface area (Å²) in [6.07, 6.45) is 17.6. The third-order valence-corrected chi connectivity index (χ3v) is 6.76. The van der Waals surface area contributed by atoms with Gasteiger partial charge in [0.1, 0.15) is 0 Å². The van der Waals surface area contributed by atoms with Crippen molar-refractivity contribution in [1.29, 1.82) is 0 Å². The standard InChI is InChI=1S/C32H67NO6/c1-7-8-9-10-11-12-13-14-15-16-17-18-22-35-23-19-20-33-21-24-36-25-26-37-27-28-38-29-32(4,5)39-30-31(2,3)34-6/h33H,7-30H2,1-6H3. The molecule has 0 bridgehead atoms. The van der Waals surface area contributed by atoms with Gasteiger partial charge in [-0.3, -0.25) is 0 Å². The van der Waals surface area contributed by atoms with Crippen LogP contribution in [-0.2, 0) is 28.4 Å². The van der Waals surface area contributed by atoms with E-state index in [0.717, 1.165) is 32.7 Å². The summed E-state index contributed by atoms with van der Waals surface area (Å²) >= 11 is 0. The van der Waals surface area contributed by atoms with Crippen LogP contribution in [0, 0.1) is 0 Å². The van der Waals surface area contributed by atoms with E-state index < -0.39 is 0 Å². The fourth-order valence-corrected chi connectivity index (χ4v) is 3.94. The van der Waals surface area contributed by atoms with Gasteiger partial charge in [-0.2, -0.15) is 0 Å². The smallest absolute Gasteiger partial charge is 0.0860 e. The first-order valence-corrected chi connectivity index (χ1v) is 16.0. The van der Waals surface area contributed by atoms with Crippen LogP contribution >= 0.6 is 0 Å². The fourth-order valence-electron chi connectivity index (χ4n) is 3.94. The number of nitrogens with one attached hydrogen (secondary N) is 1. The van der Waals surface area contributed by atoms with Crippen LogP contribution in [0.5, 0.6) is 0 Å². The molecule has 236 valence electrons. The van der Waals surface area contributed by atoms with Crippen molar-refractivity contribution in [3.63, 3.8) is 0 Å². The Morgan fingerprint density at radius 3 is 1.54 bits per heavy atom. The van der Waals surface area contributed by atoms with E-state index in [-0.39, 0.29) is 11.2 Å². The number of methoxy groups -OCH3 is 1. The van der Waals surface area contributed by atoms with Gasteiger partial charge in [-0.1, -0.05) is 77.6 Å². The molecule has 0 heterocycles. The topological polar surface area (TPSA) is 67.4 Å². The van der Waals surface area contributed by atoms with Crippen molar-refractivity contribution in [3.05, 3.63) is 0 Å². The Labute approximate surface area is 242 Å². The van der Waals surface area contributed by atoms with Gasteiger partial charge in [0.2, 0.25) is 0 Å². The average molecular weight is 562 g/mol. The van der Waals surface area contributed by atoms with Crippen molar-refractivity contribution in [2.24, 2.45) is 0 Å². The molecule has 0 aromatic heterocycles. The van der Waals surface area contributed by atoms with Crippen molar-refractivity contribution in [1.82, 2.24) is 5.32 Å². The minimum absolute atomic E-state index is 0.296. The Morgan fingerprint density at radius 2 is 0.949 bits per heavy atom. The van der Waals surface area contributed by atoms with Gasteiger partial charge in [-0.15, -0.1) is 0 Å². The monoisotopic (exact) mass is 561 g/mol. The van der Waals surface area contributed by atoms with E-state index in [0.29, 0.717) is 46.2 Å². The first-order valence-electron chi connectivity index (χ1n) is 16.0. The van der Waals surface area contributed by atoms with Gasteiger partial charge in [0.25, 0.3) is 0 Å². The lowest BCUT2D eigenvalue weighted by molar-refractivity contribution is -0.132. The average Bonchev–Trinajstić information content (AvgIpc) is 2.91. The van der Waals surface area contributed by atoms with Crippen LogP contribution in [0.15, 0.2) is 0 Å². The lowest BCUT2D eigenvalue weighted by Crippen LogP contribution is -2.38. The van der Waals surface area contributed by atoms with Crippen molar-refractivity contribution >= 4 is 0 Å². The zero-order valence-electron chi connectivity index (χ0n) is 26.9. The lowest BCUT2D eigenvalue weighted by atomic mass is 10.1. The highest BCUT2D eigenvalue weighted by Crippen LogP contribution is 2.16. The van der Waals surface area contributed by atoms with Crippen molar-refractivity contribution in [2.45, 2.75) is 129 Å². The summed E-state index contributed by atoms with van der Waals surface area (Å²) in [6.45, 7) is 17.9. The number of unbranched alkanes of at least 4 members (excludes halogenated alkanes) is 11. The van der Waals surface area contributed by atoms with Crippen LogP contribution in [0.25, 0.3) is 0 Å². The van der Waals surface area contributed by atoms with Gasteiger partial charge < -0.3 is 33.7 Å². The second-order valence-electron chi connectivity index (χ2n) is 11.9. The third-order valence-electron chi connectivity index (χ3n) is 6.76. The molecular weight excluding hydrogens is 494 g/mol. The Balaban J connectivity index is 3.20. The second kappa shape index (κ2) is 27.9. The van der Waals surface area contributed by atoms with Gasteiger partial charge in [-0.25, -0.2) is 0 Å². The summed E-state index contributed by atoms with van der Waals surface area (Å²) in [6, 6.07) is 0. The summed E-state index contributed by atoms with van der Waals surface area (Å²) in [4.78, 5) is 0. The van der Waals surface area contributed by atoms with Crippen LogP contribution in [-0.4, -0.2) is 90.9 Å².